The van der Waals surface area contributed by atoms with Crippen LogP contribution in [-0.2, 0) is 9.59 Å². The van der Waals surface area contributed by atoms with Crippen LogP contribution in [0.2, 0.25) is 0 Å². The van der Waals surface area contributed by atoms with Crippen LogP contribution in [0.3, 0.4) is 0 Å². The van der Waals surface area contributed by atoms with Crippen molar-refractivity contribution in [3.05, 3.63) is 88.3 Å². The molecule has 1 N–H and O–H groups in total. The highest BCUT2D eigenvalue weighted by atomic mass is 32.2. The van der Waals surface area contributed by atoms with Crippen molar-refractivity contribution in [1.29, 1.82) is 0 Å². The number of carboxylic acids is 1. The number of anilines is 1. The summed E-state index contributed by atoms with van der Waals surface area (Å²) < 4.78 is 10.6. The molecule has 1 saturated heterocycles. The van der Waals surface area contributed by atoms with Gasteiger partial charge < -0.3 is 14.6 Å². The predicted molar refractivity (Wildman–Crippen MR) is 139 cm³/mol. The number of carbonyl (C=O) groups excluding carboxylic acids is 1. The molecule has 178 valence electrons. The highest BCUT2D eigenvalue weighted by Crippen LogP contribution is 2.39. The quantitative estimate of drug-likeness (QED) is 0.437. The van der Waals surface area contributed by atoms with E-state index in [2.05, 4.69) is 0 Å². The molecule has 0 unspecified atom stereocenters. The van der Waals surface area contributed by atoms with Gasteiger partial charge in [0.2, 0.25) is 0 Å². The maximum atomic E-state index is 13.6. The molecule has 0 atom stereocenters. The molecule has 1 aliphatic heterocycles. The number of ether oxygens (including phenoxy) is 2. The van der Waals surface area contributed by atoms with Crippen LogP contribution < -0.4 is 14.4 Å². The van der Waals surface area contributed by atoms with Gasteiger partial charge >= 0.3 is 5.97 Å². The molecule has 1 aliphatic rings. The summed E-state index contributed by atoms with van der Waals surface area (Å²) in [5, 5.41) is 9.43. The van der Waals surface area contributed by atoms with Gasteiger partial charge in [0, 0.05) is 0 Å². The number of aliphatic carboxylic acids is 1. The van der Waals surface area contributed by atoms with Gasteiger partial charge in [-0.1, -0.05) is 42.5 Å². The van der Waals surface area contributed by atoms with Gasteiger partial charge in [-0.25, -0.2) is 9.79 Å². The van der Waals surface area contributed by atoms with Crippen LogP contribution in [0.5, 0.6) is 11.5 Å². The first-order valence-corrected chi connectivity index (χ1v) is 11.7. The van der Waals surface area contributed by atoms with Crippen LogP contribution in [0.1, 0.15) is 16.7 Å². The number of nitrogens with zero attached hydrogens (tertiary/aromatic N) is 2. The normalized spacial score (nSPS) is 15.6. The summed E-state index contributed by atoms with van der Waals surface area (Å²) in [5.74, 6) is -0.573. The van der Waals surface area contributed by atoms with E-state index in [0.29, 0.717) is 27.1 Å². The van der Waals surface area contributed by atoms with E-state index in [9.17, 15) is 9.59 Å². The standard InChI is InChI=1S/C27H24N2O5S/c1-17-8-4-6-10-20(17)28-27-29(21-11-7-5-9-18(21)2)26(32)24(35-27)15-19-12-13-22(23(14-19)33-3)34-16-25(30)31/h4-15H,16H2,1-3H3,(H,30,31)/b24-15-,28-27?. The van der Waals surface area contributed by atoms with Gasteiger partial charge in [-0.15, -0.1) is 0 Å². The number of methoxy groups -OCH3 is 1. The SMILES string of the molecule is COc1cc(/C=C2\SC(=Nc3ccccc3C)N(c3ccccc3C)C2=O)ccc1OCC(=O)O. The van der Waals surface area contributed by atoms with Crippen molar-refractivity contribution in [2.24, 2.45) is 4.99 Å². The third-order valence-corrected chi connectivity index (χ3v) is 6.30. The number of amidine groups is 1. The van der Waals surface area contributed by atoms with Gasteiger partial charge in [-0.2, -0.15) is 0 Å². The fourth-order valence-corrected chi connectivity index (χ4v) is 4.54. The van der Waals surface area contributed by atoms with Crippen molar-refractivity contribution < 1.29 is 24.2 Å². The largest absolute Gasteiger partial charge is 0.493 e. The summed E-state index contributed by atoms with van der Waals surface area (Å²) in [4.78, 5) is 31.4. The summed E-state index contributed by atoms with van der Waals surface area (Å²) in [7, 11) is 1.47. The smallest absolute Gasteiger partial charge is 0.341 e. The van der Waals surface area contributed by atoms with E-state index in [4.69, 9.17) is 19.6 Å². The Morgan fingerprint density at radius 1 is 1.03 bits per heavy atom. The molecule has 4 rings (SSSR count). The second kappa shape index (κ2) is 10.5. The average Bonchev–Trinajstić information content (AvgIpc) is 3.14. The van der Waals surface area contributed by atoms with Gasteiger partial charge in [0.1, 0.15) is 0 Å². The van der Waals surface area contributed by atoms with Crippen LogP contribution in [0, 0.1) is 13.8 Å². The van der Waals surface area contributed by atoms with E-state index in [1.54, 1.807) is 29.2 Å². The van der Waals surface area contributed by atoms with Gasteiger partial charge in [0.15, 0.2) is 23.3 Å². The zero-order valence-electron chi connectivity index (χ0n) is 19.5. The average molecular weight is 489 g/mol. The van der Waals surface area contributed by atoms with Gasteiger partial charge in [-0.3, -0.25) is 9.69 Å². The summed E-state index contributed by atoms with van der Waals surface area (Å²) in [6.45, 7) is 3.46. The molecule has 0 aliphatic carbocycles. The predicted octanol–water partition coefficient (Wildman–Crippen LogP) is 5.58. The van der Waals surface area contributed by atoms with E-state index in [-0.39, 0.29) is 5.91 Å². The van der Waals surface area contributed by atoms with Crippen molar-refractivity contribution in [3.8, 4) is 11.5 Å². The van der Waals surface area contributed by atoms with Gasteiger partial charge in [0.05, 0.1) is 23.4 Å². The lowest BCUT2D eigenvalue weighted by molar-refractivity contribution is -0.139. The summed E-state index contributed by atoms with van der Waals surface area (Å²) in [6.07, 6.45) is 1.77. The zero-order chi connectivity index (χ0) is 24.9. The third kappa shape index (κ3) is 5.38. The molecule has 35 heavy (non-hydrogen) atoms. The Kier molecular flexibility index (Phi) is 7.22. The second-order valence-corrected chi connectivity index (χ2v) is 8.82. The van der Waals surface area contributed by atoms with E-state index in [0.717, 1.165) is 22.5 Å². The molecule has 3 aromatic carbocycles. The minimum absolute atomic E-state index is 0.179. The molecule has 0 aromatic heterocycles. The Labute approximate surface area is 207 Å². The van der Waals surface area contributed by atoms with Crippen LogP contribution in [-0.4, -0.2) is 35.9 Å². The second-order valence-electron chi connectivity index (χ2n) is 7.81. The van der Waals surface area contributed by atoms with E-state index in [1.165, 1.54) is 18.9 Å². The lowest BCUT2D eigenvalue weighted by Gasteiger charge is -2.18. The molecule has 0 radical (unpaired) electrons. The fourth-order valence-electron chi connectivity index (χ4n) is 3.55. The van der Waals surface area contributed by atoms with Crippen molar-refractivity contribution in [3.63, 3.8) is 0 Å². The molecule has 1 heterocycles. The minimum Gasteiger partial charge on any atom is -0.493 e. The number of carbonyl (C=O) groups is 2. The van der Waals surface area contributed by atoms with Crippen molar-refractivity contribution in [2.75, 3.05) is 18.6 Å². The topological polar surface area (TPSA) is 88.4 Å². The highest BCUT2D eigenvalue weighted by molar-refractivity contribution is 8.19. The Bertz CT molecular complexity index is 1350. The van der Waals surface area contributed by atoms with Crippen LogP contribution in [0.4, 0.5) is 11.4 Å². The molecule has 3 aromatic rings. The number of carboxylic acid groups (broad SMARTS) is 1. The molecule has 7 nitrogen and oxygen atoms in total. The number of benzene rings is 3. The van der Waals surface area contributed by atoms with Crippen molar-refractivity contribution >= 4 is 46.3 Å². The van der Waals surface area contributed by atoms with Crippen molar-refractivity contribution in [1.82, 2.24) is 0 Å². The molecule has 0 spiro atoms. The fraction of sp³-hybridized carbons (Fsp3) is 0.148. The molecule has 0 saturated carbocycles. The number of hydrogen-bond acceptors (Lipinski definition) is 6. The highest BCUT2D eigenvalue weighted by Gasteiger charge is 2.35. The van der Waals surface area contributed by atoms with Gasteiger partial charge in [0.25, 0.3) is 5.91 Å². The Morgan fingerprint density at radius 2 is 1.74 bits per heavy atom. The Balaban J connectivity index is 1.74. The number of rotatable bonds is 7. The molecule has 1 amide bonds. The lowest BCUT2D eigenvalue weighted by atomic mass is 10.1. The van der Waals surface area contributed by atoms with E-state index in [1.807, 2.05) is 62.4 Å². The Hall–Kier alpha value is -4.04. The van der Waals surface area contributed by atoms with Gasteiger partial charge in [-0.05, 0) is 72.6 Å². The minimum atomic E-state index is -1.08. The lowest BCUT2D eigenvalue weighted by Crippen LogP contribution is -2.29. The first kappa shape index (κ1) is 24.1. The number of hydrogen-bond donors (Lipinski definition) is 1. The zero-order valence-corrected chi connectivity index (χ0v) is 20.3. The monoisotopic (exact) mass is 488 g/mol. The maximum absolute atomic E-state index is 13.6. The maximum Gasteiger partial charge on any atom is 0.341 e. The van der Waals surface area contributed by atoms with Crippen LogP contribution in [0.25, 0.3) is 6.08 Å². The number of para-hydroxylation sites is 2. The summed E-state index contributed by atoms with van der Waals surface area (Å²) >= 11 is 1.30. The third-order valence-electron chi connectivity index (χ3n) is 5.33. The molecule has 8 heteroatoms. The number of thioether (sulfide) groups is 1. The first-order valence-electron chi connectivity index (χ1n) is 10.8. The number of amides is 1. The summed E-state index contributed by atoms with van der Waals surface area (Å²) in [6, 6.07) is 20.5. The molecular formula is C27H24N2O5S. The van der Waals surface area contributed by atoms with E-state index >= 15 is 0 Å². The van der Waals surface area contributed by atoms with Crippen molar-refractivity contribution in [2.45, 2.75) is 13.8 Å². The number of aliphatic imine (C=N–C) groups is 1. The molecule has 1 fully saturated rings. The first-order chi connectivity index (χ1) is 16.9. The van der Waals surface area contributed by atoms with Crippen LogP contribution >= 0.6 is 11.8 Å². The van der Waals surface area contributed by atoms with Crippen LogP contribution in [0.15, 0.2) is 76.6 Å². The van der Waals surface area contributed by atoms with E-state index < -0.39 is 12.6 Å². The molecule has 0 bridgehead atoms. The summed E-state index contributed by atoms with van der Waals surface area (Å²) in [5.41, 5.74) is 4.25. The molecular weight excluding hydrogens is 464 g/mol. The number of aryl methyl sites for hydroxylation is 2. The Morgan fingerprint density at radius 3 is 2.43 bits per heavy atom.